The Labute approximate surface area is 115 Å². The zero-order valence-corrected chi connectivity index (χ0v) is 11.8. The molecule has 2 N–H and O–H groups in total. The van der Waals surface area contributed by atoms with E-state index in [4.69, 9.17) is 10.5 Å². The Bertz CT molecular complexity index is 533. The van der Waals surface area contributed by atoms with Crippen LogP contribution in [0.4, 0.5) is 0 Å². The number of rotatable bonds is 4. The first-order valence-corrected chi connectivity index (χ1v) is 6.62. The second-order valence-corrected chi connectivity index (χ2v) is 5.08. The lowest BCUT2D eigenvalue weighted by atomic mass is 10.0. The molecule has 2 heteroatoms. The minimum atomic E-state index is -0.124. The van der Waals surface area contributed by atoms with E-state index >= 15 is 0 Å². The van der Waals surface area contributed by atoms with Crippen molar-refractivity contribution >= 4 is 0 Å². The molecule has 0 aliphatic carbocycles. The molecule has 100 valence electrons. The average Bonchev–Trinajstić information content (AvgIpc) is 2.39. The van der Waals surface area contributed by atoms with Crippen LogP contribution in [0.3, 0.4) is 0 Å². The highest BCUT2D eigenvalue weighted by Gasteiger charge is 2.16. The summed E-state index contributed by atoms with van der Waals surface area (Å²) in [7, 11) is 0. The Morgan fingerprint density at radius 2 is 1.63 bits per heavy atom. The summed E-state index contributed by atoms with van der Waals surface area (Å²) in [6.45, 7) is 6.13. The Hall–Kier alpha value is -1.80. The number of hydrogen-bond donors (Lipinski definition) is 1. The molecule has 19 heavy (non-hydrogen) atoms. The molecule has 0 amide bonds. The molecule has 0 bridgehead atoms. The summed E-state index contributed by atoms with van der Waals surface area (Å²) >= 11 is 0. The third-order valence-electron chi connectivity index (χ3n) is 3.28. The van der Waals surface area contributed by atoms with E-state index in [9.17, 15) is 0 Å². The van der Waals surface area contributed by atoms with E-state index in [-0.39, 0.29) is 12.1 Å². The summed E-state index contributed by atoms with van der Waals surface area (Å²) in [4.78, 5) is 0. The molecule has 0 heterocycles. The summed E-state index contributed by atoms with van der Waals surface area (Å²) < 4.78 is 5.92. The monoisotopic (exact) mass is 255 g/mol. The van der Waals surface area contributed by atoms with Gasteiger partial charge in [-0.15, -0.1) is 0 Å². The largest absolute Gasteiger partial charge is 0.489 e. The van der Waals surface area contributed by atoms with Gasteiger partial charge in [0, 0.05) is 0 Å². The first-order chi connectivity index (χ1) is 9.06. The zero-order chi connectivity index (χ0) is 13.8. The zero-order valence-electron chi connectivity index (χ0n) is 11.8. The smallest absolute Gasteiger partial charge is 0.120 e. The first kappa shape index (κ1) is 13.6. The van der Waals surface area contributed by atoms with E-state index in [1.165, 1.54) is 11.1 Å². The normalized spacial score (nSPS) is 13.9. The van der Waals surface area contributed by atoms with Crippen molar-refractivity contribution in [1.29, 1.82) is 0 Å². The van der Waals surface area contributed by atoms with Gasteiger partial charge in [-0.2, -0.15) is 0 Å². The van der Waals surface area contributed by atoms with Gasteiger partial charge in [0.2, 0.25) is 0 Å². The standard InChI is InChI=1S/C17H21NO/c1-12-7-9-15(10-8-12)17(18)14(3)19-16-6-4-5-13(2)11-16/h4-11,14,17H,18H2,1-3H3. The molecule has 2 rings (SSSR count). The van der Waals surface area contributed by atoms with Gasteiger partial charge in [0.1, 0.15) is 11.9 Å². The molecule has 2 nitrogen and oxygen atoms in total. The maximum Gasteiger partial charge on any atom is 0.120 e. The summed E-state index contributed by atoms with van der Waals surface area (Å²) in [5, 5.41) is 0. The quantitative estimate of drug-likeness (QED) is 0.902. The highest BCUT2D eigenvalue weighted by Crippen LogP contribution is 2.21. The van der Waals surface area contributed by atoms with Crippen molar-refractivity contribution in [2.75, 3.05) is 0 Å². The van der Waals surface area contributed by atoms with Crippen LogP contribution in [0.5, 0.6) is 5.75 Å². The van der Waals surface area contributed by atoms with E-state index in [2.05, 4.69) is 44.2 Å². The van der Waals surface area contributed by atoms with Crippen molar-refractivity contribution in [3.05, 3.63) is 65.2 Å². The van der Waals surface area contributed by atoms with Gasteiger partial charge >= 0.3 is 0 Å². The van der Waals surface area contributed by atoms with E-state index in [0.717, 1.165) is 11.3 Å². The van der Waals surface area contributed by atoms with Gasteiger partial charge < -0.3 is 10.5 Å². The van der Waals surface area contributed by atoms with Crippen molar-refractivity contribution in [1.82, 2.24) is 0 Å². The van der Waals surface area contributed by atoms with Crippen LogP contribution >= 0.6 is 0 Å². The molecule has 2 atom stereocenters. The van der Waals surface area contributed by atoms with Crippen molar-refractivity contribution in [3.8, 4) is 5.75 Å². The number of aryl methyl sites for hydroxylation is 2. The van der Waals surface area contributed by atoms with Crippen LogP contribution in [0.25, 0.3) is 0 Å². The van der Waals surface area contributed by atoms with Crippen molar-refractivity contribution < 1.29 is 4.74 Å². The minimum absolute atomic E-state index is 0.0653. The van der Waals surface area contributed by atoms with E-state index in [0.29, 0.717) is 0 Å². The molecule has 0 saturated heterocycles. The molecule has 0 saturated carbocycles. The third-order valence-corrected chi connectivity index (χ3v) is 3.28. The summed E-state index contributed by atoms with van der Waals surface area (Å²) in [6, 6.07) is 16.2. The molecule has 2 aromatic carbocycles. The van der Waals surface area contributed by atoms with Gasteiger partial charge in [0.25, 0.3) is 0 Å². The summed E-state index contributed by atoms with van der Waals surface area (Å²) in [6.07, 6.45) is -0.0653. The Kier molecular flexibility index (Phi) is 4.23. The molecule has 0 aromatic heterocycles. The van der Waals surface area contributed by atoms with Gasteiger partial charge in [0.15, 0.2) is 0 Å². The van der Waals surface area contributed by atoms with Gasteiger partial charge in [0.05, 0.1) is 6.04 Å². The molecule has 0 spiro atoms. The van der Waals surface area contributed by atoms with Gasteiger partial charge in [-0.25, -0.2) is 0 Å². The minimum Gasteiger partial charge on any atom is -0.489 e. The number of ether oxygens (including phenoxy) is 1. The average molecular weight is 255 g/mol. The van der Waals surface area contributed by atoms with Crippen LogP contribution in [-0.4, -0.2) is 6.10 Å². The van der Waals surface area contributed by atoms with Gasteiger partial charge in [-0.3, -0.25) is 0 Å². The lowest BCUT2D eigenvalue weighted by Gasteiger charge is -2.22. The lowest BCUT2D eigenvalue weighted by Crippen LogP contribution is -2.28. The van der Waals surface area contributed by atoms with Crippen LogP contribution in [0.15, 0.2) is 48.5 Å². The first-order valence-electron chi connectivity index (χ1n) is 6.62. The molecule has 0 aliphatic heterocycles. The summed E-state index contributed by atoms with van der Waals surface area (Å²) in [5.74, 6) is 0.870. The number of benzene rings is 2. The second-order valence-electron chi connectivity index (χ2n) is 5.08. The molecule has 0 fully saturated rings. The summed E-state index contributed by atoms with van der Waals surface area (Å²) in [5.41, 5.74) is 9.78. The van der Waals surface area contributed by atoms with Crippen LogP contribution in [0.1, 0.15) is 29.7 Å². The topological polar surface area (TPSA) is 35.2 Å². The van der Waals surface area contributed by atoms with Crippen LogP contribution in [0.2, 0.25) is 0 Å². The molecule has 2 aromatic rings. The lowest BCUT2D eigenvalue weighted by molar-refractivity contribution is 0.190. The maximum atomic E-state index is 6.25. The van der Waals surface area contributed by atoms with Crippen molar-refractivity contribution in [2.45, 2.75) is 32.9 Å². The maximum absolute atomic E-state index is 6.25. The third kappa shape index (κ3) is 3.58. The van der Waals surface area contributed by atoms with Crippen LogP contribution in [-0.2, 0) is 0 Å². The predicted molar refractivity (Wildman–Crippen MR) is 79.4 cm³/mol. The van der Waals surface area contributed by atoms with E-state index in [1.54, 1.807) is 0 Å². The van der Waals surface area contributed by atoms with Crippen LogP contribution in [0, 0.1) is 13.8 Å². The highest BCUT2D eigenvalue weighted by atomic mass is 16.5. The fraction of sp³-hybridized carbons (Fsp3) is 0.294. The molecular weight excluding hydrogens is 234 g/mol. The predicted octanol–water partition coefficient (Wildman–Crippen LogP) is 3.77. The molecular formula is C17H21NO. The molecule has 0 radical (unpaired) electrons. The fourth-order valence-corrected chi connectivity index (χ4v) is 2.04. The van der Waals surface area contributed by atoms with Crippen molar-refractivity contribution in [3.63, 3.8) is 0 Å². The second kappa shape index (κ2) is 5.89. The fourth-order valence-electron chi connectivity index (χ4n) is 2.04. The Morgan fingerprint density at radius 3 is 2.26 bits per heavy atom. The Morgan fingerprint density at radius 1 is 0.947 bits per heavy atom. The Balaban J connectivity index is 2.07. The molecule has 2 unspecified atom stereocenters. The van der Waals surface area contributed by atoms with Crippen molar-refractivity contribution in [2.24, 2.45) is 5.73 Å². The van der Waals surface area contributed by atoms with Gasteiger partial charge in [-0.05, 0) is 44.0 Å². The number of nitrogens with two attached hydrogens (primary N) is 1. The van der Waals surface area contributed by atoms with E-state index < -0.39 is 0 Å². The van der Waals surface area contributed by atoms with Crippen LogP contribution < -0.4 is 10.5 Å². The van der Waals surface area contributed by atoms with E-state index in [1.807, 2.05) is 25.1 Å². The highest BCUT2D eigenvalue weighted by molar-refractivity contribution is 5.29. The molecule has 0 aliphatic rings. The van der Waals surface area contributed by atoms with Gasteiger partial charge in [-0.1, -0.05) is 42.0 Å². The number of hydrogen-bond acceptors (Lipinski definition) is 2. The SMILES string of the molecule is Cc1ccc(C(N)C(C)Oc2cccc(C)c2)cc1.